The zero-order chi connectivity index (χ0) is 23.6. The normalized spacial score (nSPS) is 13.5. The third-order valence-corrected chi connectivity index (χ3v) is 5.41. The Balaban J connectivity index is 1.76. The average molecular weight is 451 g/mol. The summed E-state index contributed by atoms with van der Waals surface area (Å²) >= 11 is 0. The number of methoxy groups -OCH3 is 1. The van der Waals surface area contributed by atoms with E-state index in [2.05, 4.69) is 20.4 Å². The molecule has 4 aromatic rings. The molecule has 4 rings (SSSR count). The summed E-state index contributed by atoms with van der Waals surface area (Å²) in [6, 6.07) is 11.7. The van der Waals surface area contributed by atoms with Crippen LogP contribution in [-0.4, -0.2) is 44.7 Å². The third-order valence-electron chi connectivity index (χ3n) is 5.41. The lowest BCUT2D eigenvalue weighted by Gasteiger charge is -2.27. The van der Waals surface area contributed by atoms with Gasteiger partial charge in [-0.15, -0.1) is 0 Å². The summed E-state index contributed by atoms with van der Waals surface area (Å²) in [6.07, 6.45) is 6.61. The second kappa shape index (κ2) is 8.93. The summed E-state index contributed by atoms with van der Waals surface area (Å²) < 4.78 is 34.1. The van der Waals surface area contributed by atoms with E-state index in [9.17, 15) is 13.6 Å². The Morgan fingerprint density at radius 3 is 2.52 bits per heavy atom. The number of hydrogen-bond acceptors (Lipinski definition) is 5. The summed E-state index contributed by atoms with van der Waals surface area (Å²) in [7, 11) is 1.56. The monoisotopic (exact) mass is 451 g/mol. The van der Waals surface area contributed by atoms with Gasteiger partial charge in [-0.2, -0.15) is 13.9 Å². The first kappa shape index (κ1) is 22.3. The van der Waals surface area contributed by atoms with Crippen molar-refractivity contribution in [2.45, 2.75) is 31.9 Å². The van der Waals surface area contributed by atoms with E-state index in [-0.39, 0.29) is 0 Å². The van der Waals surface area contributed by atoms with Crippen LogP contribution in [0.4, 0.5) is 8.78 Å². The Morgan fingerprint density at radius 2 is 1.88 bits per heavy atom. The molecule has 0 aliphatic carbocycles. The van der Waals surface area contributed by atoms with Crippen LogP contribution in [0.15, 0.2) is 67.3 Å². The molecule has 2 atom stereocenters. The van der Waals surface area contributed by atoms with Gasteiger partial charge in [0.15, 0.2) is 0 Å². The van der Waals surface area contributed by atoms with Crippen molar-refractivity contribution in [1.29, 1.82) is 0 Å². The SMILES string of the molecule is COc1ccc([C@H]([C@H](C)NC(=O)C(C)(F)F)n2ncc3cc(-c4cnccn4)ccc32)cc1. The highest BCUT2D eigenvalue weighted by Crippen LogP contribution is 2.30. The molecule has 2 heterocycles. The fraction of sp³-hybridized carbons (Fsp3) is 0.250. The molecular weight excluding hydrogens is 428 g/mol. The fourth-order valence-corrected chi connectivity index (χ4v) is 3.74. The van der Waals surface area contributed by atoms with Gasteiger partial charge in [0.2, 0.25) is 0 Å². The molecule has 0 spiro atoms. The number of alkyl halides is 2. The number of carbonyl (C=O) groups excluding carboxylic acids is 1. The number of amides is 1. The number of carbonyl (C=O) groups is 1. The van der Waals surface area contributed by atoms with Crippen LogP contribution in [0, 0.1) is 0 Å². The highest BCUT2D eigenvalue weighted by Gasteiger charge is 2.35. The van der Waals surface area contributed by atoms with Crippen LogP contribution < -0.4 is 10.1 Å². The molecule has 0 aliphatic heterocycles. The minimum atomic E-state index is -3.49. The molecule has 170 valence electrons. The summed E-state index contributed by atoms with van der Waals surface area (Å²) in [4.78, 5) is 20.5. The fourth-order valence-electron chi connectivity index (χ4n) is 3.74. The van der Waals surface area contributed by atoms with Crippen molar-refractivity contribution in [3.05, 3.63) is 72.8 Å². The predicted octanol–water partition coefficient (Wildman–Crippen LogP) is 4.25. The number of fused-ring (bicyclic) bond motifs is 1. The number of ether oxygens (including phenoxy) is 1. The average Bonchev–Trinajstić information content (AvgIpc) is 3.22. The maximum Gasteiger partial charge on any atom is 0.321 e. The van der Waals surface area contributed by atoms with Crippen molar-refractivity contribution in [3.8, 4) is 17.0 Å². The van der Waals surface area contributed by atoms with E-state index in [1.807, 2.05) is 30.3 Å². The van der Waals surface area contributed by atoms with Gasteiger partial charge in [0.25, 0.3) is 5.91 Å². The molecule has 1 N–H and O–H groups in total. The zero-order valence-corrected chi connectivity index (χ0v) is 18.4. The second-order valence-electron chi connectivity index (χ2n) is 7.82. The largest absolute Gasteiger partial charge is 0.497 e. The van der Waals surface area contributed by atoms with Gasteiger partial charge in [-0.1, -0.05) is 18.2 Å². The first-order chi connectivity index (χ1) is 15.8. The predicted molar refractivity (Wildman–Crippen MR) is 120 cm³/mol. The molecule has 2 aromatic heterocycles. The van der Waals surface area contributed by atoms with Crippen LogP contribution in [0.3, 0.4) is 0 Å². The molecule has 0 aliphatic rings. The molecule has 2 aromatic carbocycles. The Bertz CT molecular complexity index is 1250. The van der Waals surface area contributed by atoms with E-state index >= 15 is 0 Å². The van der Waals surface area contributed by atoms with Gasteiger partial charge >= 0.3 is 5.92 Å². The van der Waals surface area contributed by atoms with Crippen molar-refractivity contribution >= 4 is 16.8 Å². The van der Waals surface area contributed by atoms with Crippen molar-refractivity contribution < 1.29 is 18.3 Å². The van der Waals surface area contributed by atoms with Crippen molar-refractivity contribution in [1.82, 2.24) is 25.1 Å². The van der Waals surface area contributed by atoms with Crippen LogP contribution in [-0.2, 0) is 4.79 Å². The number of nitrogens with zero attached hydrogens (tertiary/aromatic N) is 4. The molecule has 1 amide bonds. The van der Waals surface area contributed by atoms with Crippen molar-refractivity contribution in [3.63, 3.8) is 0 Å². The van der Waals surface area contributed by atoms with Gasteiger partial charge in [-0.25, -0.2) is 0 Å². The Labute approximate surface area is 189 Å². The first-order valence-electron chi connectivity index (χ1n) is 10.3. The lowest BCUT2D eigenvalue weighted by Crippen LogP contribution is -2.46. The number of benzene rings is 2. The summed E-state index contributed by atoms with van der Waals surface area (Å²) in [5, 5.41) is 7.83. The van der Waals surface area contributed by atoms with E-state index in [1.54, 1.807) is 55.6 Å². The van der Waals surface area contributed by atoms with Crippen LogP contribution in [0.25, 0.3) is 22.2 Å². The molecule has 0 saturated heterocycles. The Hall–Kier alpha value is -3.88. The number of halogens is 2. The minimum Gasteiger partial charge on any atom is -0.497 e. The third kappa shape index (κ3) is 4.67. The van der Waals surface area contributed by atoms with Gasteiger partial charge in [-0.3, -0.25) is 19.4 Å². The minimum absolute atomic E-state index is 0.540. The van der Waals surface area contributed by atoms with Gasteiger partial charge < -0.3 is 10.1 Å². The lowest BCUT2D eigenvalue weighted by atomic mass is 9.99. The van der Waals surface area contributed by atoms with E-state index in [4.69, 9.17) is 4.74 Å². The Morgan fingerprint density at radius 1 is 1.12 bits per heavy atom. The highest BCUT2D eigenvalue weighted by molar-refractivity contribution is 5.85. The summed E-state index contributed by atoms with van der Waals surface area (Å²) in [6.45, 7) is 2.26. The Kier molecular flexibility index (Phi) is 6.04. The van der Waals surface area contributed by atoms with E-state index in [0.717, 1.165) is 27.7 Å². The van der Waals surface area contributed by atoms with Crippen molar-refractivity contribution in [2.75, 3.05) is 7.11 Å². The standard InChI is InChI=1S/C24H23F2N5O2/c1-15(30-23(32)24(2,25)26)22(16-4-7-19(33-3)8-5-16)31-21-9-6-17(12-18(21)13-29-31)20-14-27-10-11-28-20/h4-15,22H,1-3H3,(H,30,32)/t15-,22-/m0/s1. The molecule has 0 unspecified atom stereocenters. The van der Waals surface area contributed by atoms with Crippen LogP contribution in [0.5, 0.6) is 5.75 Å². The van der Waals surface area contributed by atoms with Gasteiger partial charge in [-0.05, 0) is 36.8 Å². The topological polar surface area (TPSA) is 81.9 Å². The summed E-state index contributed by atoms with van der Waals surface area (Å²) in [5.41, 5.74) is 3.17. The smallest absolute Gasteiger partial charge is 0.321 e. The van der Waals surface area contributed by atoms with Crippen LogP contribution >= 0.6 is 0 Å². The van der Waals surface area contributed by atoms with E-state index in [1.165, 1.54) is 0 Å². The lowest BCUT2D eigenvalue weighted by molar-refractivity contribution is -0.143. The molecule has 0 saturated carbocycles. The number of hydrogen-bond donors (Lipinski definition) is 1. The van der Waals surface area contributed by atoms with E-state index < -0.39 is 23.9 Å². The zero-order valence-electron chi connectivity index (χ0n) is 18.4. The maximum absolute atomic E-state index is 13.6. The molecule has 0 fully saturated rings. The number of rotatable bonds is 7. The van der Waals surface area contributed by atoms with Crippen LogP contribution in [0.1, 0.15) is 25.5 Å². The second-order valence-corrected chi connectivity index (χ2v) is 7.82. The molecule has 0 radical (unpaired) electrons. The number of nitrogens with one attached hydrogen (secondary N) is 1. The van der Waals surface area contributed by atoms with Gasteiger partial charge in [0, 0.05) is 30.3 Å². The molecule has 9 heteroatoms. The molecular formula is C24H23F2N5O2. The summed E-state index contributed by atoms with van der Waals surface area (Å²) in [5.74, 6) is -4.17. The van der Waals surface area contributed by atoms with Crippen LogP contribution in [0.2, 0.25) is 0 Å². The molecule has 33 heavy (non-hydrogen) atoms. The molecule has 7 nitrogen and oxygen atoms in total. The van der Waals surface area contributed by atoms with Crippen molar-refractivity contribution in [2.24, 2.45) is 0 Å². The quantitative estimate of drug-likeness (QED) is 0.454. The van der Waals surface area contributed by atoms with Gasteiger partial charge in [0.05, 0.1) is 42.8 Å². The number of aromatic nitrogens is 4. The van der Waals surface area contributed by atoms with Gasteiger partial charge in [0.1, 0.15) is 5.75 Å². The van der Waals surface area contributed by atoms with E-state index in [0.29, 0.717) is 12.7 Å². The first-order valence-corrected chi connectivity index (χ1v) is 10.3. The molecule has 0 bridgehead atoms. The maximum atomic E-state index is 13.6. The highest BCUT2D eigenvalue weighted by atomic mass is 19.3.